The fourth-order valence-corrected chi connectivity index (χ4v) is 8.14. The van der Waals surface area contributed by atoms with Gasteiger partial charge >= 0.3 is 6.09 Å². The summed E-state index contributed by atoms with van der Waals surface area (Å²) in [6.45, 7) is 1.34. The molecule has 4 atom stereocenters. The van der Waals surface area contributed by atoms with Gasteiger partial charge in [0.15, 0.2) is 12.6 Å². The van der Waals surface area contributed by atoms with Gasteiger partial charge in [0, 0.05) is 18.7 Å². The first-order valence-corrected chi connectivity index (χ1v) is 19.5. The first-order chi connectivity index (χ1) is 28.4. The quantitative estimate of drug-likeness (QED) is 0.126. The lowest BCUT2D eigenvalue weighted by Crippen LogP contribution is -2.50. The Bertz CT molecular complexity index is 2400. The number of amides is 3. The highest BCUT2D eigenvalue weighted by Gasteiger charge is 2.40. The number of alkyl carbamates (subject to hydrolysis) is 1. The lowest BCUT2D eigenvalue weighted by atomic mass is 10.0. The number of aromatic amines is 1. The fourth-order valence-electron chi connectivity index (χ4n) is 8.14. The first kappa shape index (κ1) is 37.2. The predicted octanol–water partition coefficient (Wildman–Crippen LogP) is 6.93. The number of likely N-dealkylation sites (tertiary alicyclic amines) is 2. The van der Waals surface area contributed by atoms with Crippen LogP contribution in [-0.2, 0) is 23.8 Å². The van der Waals surface area contributed by atoms with Crippen LogP contribution in [0, 0.1) is 0 Å². The normalized spacial score (nSPS) is 19.2. The summed E-state index contributed by atoms with van der Waals surface area (Å²) in [4.78, 5) is 56.9. The van der Waals surface area contributed by atoms with Crippen LogP contribution < -0.4 is 10.6 Å². The van der Waals surface area contributed by atoms with Crippen molar-refractivity contribution in [1.29, 1.82) is 0 Å². The van der Waals surface area contributed by atoms with Gasteiger partial charge < -0.3 is 38.7 Å². The Morgan fingerprint density at radius 3 is 2.07 bits per heavy atom. The van der Waals surface area contributed by atoms with Crippen LogP contribution in [-0.4, -0.2) is 76.1 Å². The monoisotopic (exact) mass is 781 g/mol. The number of carbonyl (C=O) groups excluding carboxylic acids is 3. The molecule has 3 N–H and O–H groups in total. The molecular weight excluding hydrogens is 739 g/mol. The number of benzene rings is 4. The minimum absolute atomic E-state index is 0.0862. The van der Waals surface area contributed by atoms with Crippen LogP contribution in [0.15, 0.2) is 114 Å². The van der Waals surface area contributed by atoms with Crippen molar-refractivity contribution in [2.75, 3.05) is 27.0 Å². The van der Waals surface area contributed by atoms with E-state index in [1.807, 2.05) is 102 Å². The van der Waals surface area contributed by atoms with Crippen LogP contribution in [0.25, 0.3) is 33.5 Å². The number of methoxy groups -OCH3 is 1. The molecule has 3 saturated heterocycles. The van der Waals surface area contributed by atoms with Gasteiger partial charge in [0.05, 0.1) is 30.4 Å². The van der Waals surface area contributed by atoms with Gasteiger partial charge in [-0.05, 0) is 60.1 Å². The summed E-state index contributed by atoms with van der Waals surface area (Å²) < 4.78 is 22.0. The van der Waals surface area contributed by atoms with E-state index >= 15 is 0 Å². The highest BCUT2D eigenvalue weighted by atomic mass is 16.9. The molecule has 14 nitrogen and oxygen atoms in total. The zero-order valence-electron chi connectivity index (χ0n) is 31.9. The van der Waals surface area contributed by atoms with Gasteiger partial charge in [-0.15, -0.1) is 0 Å². The molecule has 0 bridgehead atoms. The highest BCUT2D eigenvalue weighted by molar-refractivity contribution is 5.88. The van der Waals surface area contributed by atoms with Crippen LogP contribution >= 0.6 is 0 Å². The van der Waals surface area contributed by atoms with Crippen molar-refractivity contribution in [3.8, 4) is 22.5 Å². The molecule has 296 valence electrons. The minimum atomic E-state index is -0.887. The third kappa shape index (κ3) is 7.44. The van der Waals surface area contributed by atoms with Crippen molar-refractivity contribution in [2.24, 2.45) is 0 Å². The van der Waals surface area contributed by atoms with E-state index in [1.54, 1.807) is 11.1 Å². The predicted molar refractivity (Wildman–Crippen MR) is 212 cm³/mol. The number of ether oxygens (including phenoxy) is 3. The second-order valence-electron chi connectivity index (χ2n) is 14.6. The molecule has 3 amide bonds. The smallest absolute Gasteiger partial charge is 0.407 e. The van der Waals surface area contributed by atoms with E-state index in [9.17, 15) is 14.4 Å². The minimum Gasteiger partial charge on any atom is -0.453 e. The number of hydrogen-bond donors (Lipinski definition) is 3. The molecule has 3 aliphatic heterocycles. The summed E-state index contributed by atoms with van der Waals surface area (Å²) in [6.07, 6.45) is 3.55. The van der Waals surface area contributed by atoms with Gasteiger partial charge in [-0.3, -0.25) is 14.9 Å². The zero-order valence-corrected chi connectivity index (χ0v) is 31.9. The molecule has 0 unspecified atom stereocenters. The molecule has 9 rings (SSSR count). The molecule has 6 aromatic rings. The molecule has 0 saturated carbocycles. The van der Waals surface area contributed by atoms with Crippen LogP contribution in [0.3, 0.4) is 0 Å². The maximum Gasteiger partial charge on any atom is 0.407 e. The lowest BCUT2D eigenvalue weighted by Gasteiger charge is -2.34. The summed E-state index contributed by atoms with van der Waals surface area (Å²) in [5.74, 6) is 1.53. The number of fused-ring (bicyclic) bond motifs is 1. The summed E-state index contributed by atoms with van der Waals surface area (Å²) >= 11 is 0. The molecule has 2 aromatic heterocycles. The number of hydrogen-bond acceptors (Lipinski definition) is 10. The van der Waals surface area contributed by atoms with Gasteiger partial charge in [-0.25, -0.2) is 14.8 Å². The lowest BCUT2D eigenvalue weighted by molar-refractivity contribution is -0.335. The maximum absolute atomic E-state index is 14.0. The van der Waals surface area contributed by atoms with Crippen LogP contribution in [0.4, 0.5) is 4.79 Å². The largest absolute Gasteiger partial charge is 0.453 e. The van der Waals surface area contributed by atoms with Crippen molar-refractivity contribution in [3.63, 3.8) is 0 Å². The molecule has 3 aliphatic rings. The van der Waals surface area contributed by atoms with E-state index in [4.69, 9.17) is 23.6 Å². The van der Waals surface area contributed by atoms with Crippen molar-refractivity contribution in [2.45, 2.75) is 56.3 Å². The topological polar surface area (TPSA) is 164 Å². The second kappa shape index (κ2) is 16.3. The Kier molecular flexibility index (Phi) is 10.4. The van der Waals surface area contributed by atoms with E-state index in [2.05, 4.69) is 26.7 Å². The molecule has 0 spiro atoms. The Morgan fingerprint density at radius 2 is 1.40 bits per heavy atom. The molecular formula is C44H43N7O7. The number of oxazole rings is 1. The standard InChI is InChI=1S/C44H43N7O7/c1-55-43(54)48-37(29-10-4-2-5-11-29)41(52)50-22-8-14-34(50)39-46-32-21-20-31(24-33(32)47-39)27-16-18-28(19-17-27)36-25-45-40(58-36)35-15-9-23-51(35)42(53)38(49-44-56-26-57-44)30-12-6-3-7-13-30/h2-7,10-13,16-21,24-25,34-35,37-38,44,49H,8-9,14-15,22-23,26H2,1H3,(H,46,47)(H,48,54)/t34-,35-,37+,38+/m0/s1. The van der Waals surface area contributed by atoms with E-state index in [0.717, 1.165) is 59.0 Å². The fraction of sp³-hybridized carbons (Fsp3) is 0.295. The molecule has 3 fully saturated rings. The Balaban J connectivity index is 0.897. The average molecular weight is 782 g/mol. The first-order valence-electron chi connectivity index (χ1n) is 19.5. The number of imidazole rings is 1. The number of nitrogens with zero attached hydrogens (tertiary/aromatic N) is 4. The highest BCUT2D eigenvalue weighted by Crippen LogP contribution is 2.38. The van der Waals surface area contributed by atoms with Crippen molar-refractivity contribution in [3.05, 3.63) is 132 Å². The van der Waals surface area contributed by atoms with Gasteiger partial charge in [-0.2, -0.15) is 0 Å². The summed E-state index contributed by atoms with van der Waals surface area (Å²) in [5, 5.41) is 5.91. The molecule has 58 heavy (non-hydrogen) atoms. The second-order valence-corrected chi connectivity index (χ2v) is 14.6. The SMILES string of the molecule is COC(=O)N[C@@H](C(=O)N1CCC[C@H]1c1nc2ccc(-c3ccc(-c4cnc([C@@H]5CCCN5C(=O)[C@H](NC5OCO5)c5ccccc5)o4)cc3)cc2[nH]1)c1ccccc1. The summed E-state index contributed by atoms with van der Waals surface area (Å²) in [7, 11) is 1.28. The summed E-state index contributed by atoms with van der Waals surface area (Å²) in [5.41, 5.74) is 6.03. The van der Waals surface area contributed by atoms with Crippen molar-refractivity contribution in [1.82, 2.24) is 35.4 Å². The van der Waals surface area contributed by atoms with Crippen molar-refractivity contribution < 1.29 is 33.0 Å². The van der Waals surface area contributed by atoms with Gasteiger partial charge in [0.2, 0.25) is 18.2 Å². The van der Waals surface area contributed by atoms with E-state index in [0.29, 0.717) is 36.1 Å². The third-order valence-corrected chi connectivity index (χ3v) is 11.1. The number of H-pyrrole nitrogens is 1. The Morgan fingerprint density at radius 1 is 0.776 bits per heavy atom. The van der Waals surface area contributed by atoms with E-state index in [-0.39, 0.29) is 30.7 Å². The maximum atomic E-state index is 14.0. The molecule has 0 radical (unpaired) electrons. The molecule has 0 aliphatic carbocycles. The van der Waals surface area contributed by atoms with Gasteiger partial charge in [0.1, 0.15) is 23.9 Å². The van der Waals surface area contributed by atoms with Gasteiger partial charge in [0.25, 0.3) is 5.91 Å². The number of nitrogens with one attached hydrogen (secondary N) is 3. The van der Waals surface area contributed by atoms with Gasteiger partial charge in [-0.1, -0.05) is 91.0 Å². The molecule has 4 aromatic carbocycles. The number of carbonyl (C=O) groups is 3. The van der Waals surface area contributed by atoms with Crippen LogP contribution in [0.1, 0.15) is 72.7 Å². The zero-order chi connectivity index (χ0) is 39.6. The Hall–Kier alpha value is -6.35. The number of rotatable bonds is 11. The van der Waals surface area contributed by atoms with Crippen LogP contribution in [0.5, 0.6) is 0 Å². The third-order valence-electron chi connectivity index (χ3n) is 11.1. The van der Waals surface area contributed by atoms with E-state index in [1.165, 1.54) is 7.11 Å². The Labute approximate surface area is 334 Å². The summed E-state index contributed by atoms with van der Waals surface area (Å²) in [6, 6.07) is 30.8. The van der Waals surface area contributed by atoms with Crippen molar-refractivity contribution >= 4 is 28.9 Å². The number of aromatic nitrogens is 3. The van der Waals surface area contributed by atoms with E-state index < -0.39 is 24.6 Å². The molecule has 5 heterocycles. The molecule has 14 heteroatoms. The van der Waals surface area contributed by atoms with Crippen LogP contribution in [0.2, 0.25) is 0 Å². The average Bonchev–Trinajstić information content (AvgIpc) is 4.09.